The number of piperidine rings is 1. The molecule has 4 rings (SSSR count). The molecule has 0 unspecified atom stereocenters. The number of likely N-dealkylation sites (tertiary alicyclic amines) is 1. The van der Waals surface area contributed by atoms with Crippen molar-refractivity contribution in [2.45, 2.75) is 19.3 Å². The fourth-order valence-corrected chi connectivity index (χ4v) is 4.59. The van der Waals surface area contributed by atoms with E-state index in [1.165, 1.54) is 17.8 Å². The van der Waals surface area contributed by atoms with Crippen LogP contribution in [0.15, 0.2) is 48.5 Å². The summed E-state index contributed by atoms with van der Waals surface area (Å²) in [5, 5.41) is 0.545. The molecule has 0 aliphatic carbocycles. The minimum absolute atomic E-state index is 0.0317. The lowest BCUT2D eigenvalue weighted by molar-refractivity contribution is 0.0724. The molecule has 1 saturated heterocycles. The zero-order chi connectivity index (χ0) is 20.2. The molecule has 2 aromatic carbocycles. The van der Waals surface area contributed by atoms with Gasteiger partial charge in [0.1, 0.15) is 11.5 Å². The Morgan fingerprint density at radius 2 is 1.41 bits per heavy atom. The van der Waals surface area contributed by atoms with Crippen LogP contribution in [-0.2, 0) is 0 Å². The number of amides is 1. The summed E-state index contributed by atoms with van der Waals surface area (Å²) in [6.45, 7) is 1.63. The van der Waals surface area contributed by atoms with Gasteiger partial charge in [-0.1, -0.05) is 0 Å². The number of benzene rings is 2. The number of carbonyl (C=O) groups is 1. The predicted molar refractivity (Wildman–Crippen MR) is 116 cm³/mol. The molecule has 0 spiro atoms. The first-order valence-corrected chi connectivity index (χ1v) is 10.6. The third kappa shape index (κ3) is 4.12. The van der Waals surface area contributed by atoms with Crippen LogP contribution in [0.3, 0.4) is 0 Å². The lowest BCUT2D eigenvalue weighted by atomic mass is 10.1. The van der Waals surface area contributed by atoms with Crippen LogP contribution in [0, 0.1) is 0 Å². The van der Waals surface area contributed by atoms with Gasteiger partial charge in [0.15, 0.2) is 5.01 Å². The highest BCUT2D eigenvalue weighted by molar-refractivity contribution is 7.17. The van der Waals surface area contributed by atoms with Gasteiger partial charge in [0.05, 0.1) is 24.8 Å². The Morgan fingerprint density at radius 1 is 0.862 bits per heavy atom. The van der Waals surface area contributed by atoms with Crippen molar-refractivity contribution in [1.29, 1.82) is 0 Å². The van der Waals surface area contributed by atoms with Gasteiger partial charge in [-0.05, 0) is 73.4 Å². The molecule has 1 amide bonds. The minimum atomic E-state index is 0.0317. The highest BCUT2D eigenvalue weighted by Crippen LogP contribution is 2.38. The van der Waals surface area contributed by atoms with Crippen LogP contribution >= 0.6 is 11.3 Å². The van der Waals surface area contributed by atoms with Crippen molar-refractivity contribution < 1.29 is 14.3 Å². The Morgan fingerprint density at radius 3 is 1.97 bits per heavy atom. The molecule has 0 atom stereocenters. The zero-order valence-electron chi connectivity index (χ0n) is 16.7. The lowest BCUT2D eigenvalue weighted by Crippen LogP contribution is -2.35. The quantitative estimate of drug-likeness (QED) is 0.588. The van der Waals surface area contributed by atoms with Gasteiger partial charge >= 0.3 is 0 Å². The lowest BCUT2D eigenvalue weighted by Gasteiger charge is -2.25. The van der Waals surface area contributed by atoms with E-state index >= 15 is 0 Å². The molecule has 150 valence electrons. The summed E-state index contributed by atoms with van der Waals surface area (Å²) in [5.41, 5.74) is 2.81. The van der Waals surface area contributed by atoms with Crippen LogP contribution in [0.1, 0.15) is 29.1 Å². The second-order valence-electron chi connectivity index (χ2n) is 7.01. The standard InChI is InChI=1S/C23H24N2O3S/c1-27-18-10-6-16(7-11-18)20-21(17-8-12-19(28-2)13-9-17)29-22(24-20)23(26)25-14-4-3-5-15-25/h6-13H,3-5,14-15H2,1-2H3. The molecular formula is C23H24N2O3S. The number of aromatic nitrogens is 1. The highest BCUT2D eigenvalue weighted by atomic mass is 32.1. The van der Waals surface area contributed by atoms with E-state index in [-0.39, 0.29) is 5.91 Å². The first-order valence-electron chi connectivity index (χ1n) is 9.78. The number of hydrogen-bond donors (Lipinski definition) is 0. The van der Waals surface area contributed by atoms with E-state index in [2.05, 4.69) is 0 Å². The third-order valence-corrected chi connectivity index (χ3v) is 6.26. The van der Waals surface area contributed by atoms with Gasteiger partial charge in [0.2, 0.25) is 0 Å². The Bertz CT molecular complexity index is 909. The maximum Gasteiger partial charge on any atom is 0.282 e. The molecule has 0 bridgehead atoms. The van der Waals surface area contributed by atoms with Gasteiger partial charge in [0, 0.05) is 18.7 Å². The molecule has 3 aromatic rings. The number of thiazole rings is 1. The summed E-state index contributed by atoms with van der Waals surface area (Å²) in [5.74, 6) is 1.62. The summed E-state index contributed by atoms with van der Waals surface area (Å²) < 4.78 is 10.6. The number of carbonyl (C=O) groups excluding carboxylic acids is 1. The number of ether oxygens (including phenoxy) is 2. The number of methoxy groups -OCH3 is 2. The minimum Gasteiger partial charge on any atom is -0.497 e. The Kier molecular flexibility index (Phi) is 5.81. The number of nitrogens with zero attached hydrogens (tertiary/aromatic N) is 2. The molecule has 1 aliphatic rings. The molecule has 6 heteroatoms. The fraction of sp³-hybridized carbons (Fsp3) is 0.304. The van der Waals surface area contributed by atoms with E-state index in [0.717, 1.165) is 59.1 Å². The van der Waals surface area contributed by atoms with E-state index in [0.29, 0.717) is 5.01 Å². The molecule has 1 aliphatic heterocycles. The van der Waals surface area contributed by atoms with Crippen molar-refractivity contribution >= 4 is 17.2 Å². The first kappa shape index (κ1) is 19.5. The van der Waals surface area contributed by atoms with Crippen molar-refractivity contribution in [2.24, 2.45) is 0 Å². The number of hydrogen-bond acceptors (Lipinski definition) is 5. The summed E-state index contributed by atoms with van der Waals surface area (Å²) in [7, 11) is 3.30. The van der Waals surface area contributed by atoms with Gasteiger partial charge in [-0.15, -0.1) is 11.3 Å². The molecule has 1 aromatic heterocycles. The van der Waals surface area contributed by atoms with Crippen molar-refractivity contribution in [3.8, 4) is 33.2 Å². The summed E-state index contributed by atoms with van der Waals surface area (Å²) in [6.07, 6.45) is 3.32. The van der Waals surface area contributed by atoms with Crippen molar-refractivity contribution in [1.82, 2.24) is 9.88 Å². The van der Waals surface area contributed by atoms with E-state index in [9.17, 15) is 4.79 Å². The van der Waals surface area contributed by atoms with E-state index < -0.39 is 0 Å². The average molecular weight is 409 g/mol. The molecule has 0 N–H and O–H groups in total. The topological polar surface area (TPSA) is 51.7 Å². The largest absolute Gasteiger partial charge is 0.497 e. The van der Waals surface area contributed by atoms with Crippen LogP contribution in [-0.4, -0.2) is 43.1 Å². The van der Waals surface area contributed by atoms with E-state index in [4.69, 9.17) is 14.5 Å². The second-order valence-corrected chi connectivity index (χ2v) is 8.01. The fourth-order valence-electron chi connectivity index (χ4n) is 3.53. The van der Waals surface area contributed by atoms with Crippen LogP contribution in [0.4, 0.5) is 0 Å². The Hall–Kier alpha value is -2.86. The molecule has 0 saturated carbocycles. The molecule has 29 heavy (non-hydrogen) atoms. The van der Waals surface area contributed by atoms with Crippen LogP contribution < -0.4 is 9.47 Å². The molecule has 1 fully saturated rings. The van der Waals surface area contributed by atoms with Crippen molar-refractivity contribution in [3.05, 3.63) is 53.5 Å². The first-order chi connectivity index (χ1) is 14.2. The zero-order valence-corrected chi connectivity index (χ0v) is 17.5. The van der Waals surface area contributed by atoms with Crippen LogP contribution in [0.25, 0.3) is 21.7 Å². The molecular weight excluding hydrogens is 384 g/mol. The van der Waals surface area contributed by atoms with Gasteiger partial charge in [-0.25, -0.2) is 4.98 Å². The van der Waals surface area contributed by atoms with Crippen LogP contribution in [0.5, 0.6) is 11.5 Å². The molecule has 5 nitrogen and oxygen atoms in total. The van der Waals surface area contributed by atoms with Crippen LogP contribution in [0.2, 0.25) is 0 Å². The monoisotopic (exact) mass is 408 g/mol. The third-order valence-electron chi connectivity index (χ3n) is 5.17. The second kappa shape index (κ2) is 8.66. The summed E-state index contributed by atoms with van der Waals surface area (Å²) in [4.78, 5) is 20.8. The summed E-state index contributed by atoms with van der Waals surface area (Å²) in [6, 6.07) is 15.7. The molecule has 2 heterocycles. The Labute approximate surface area is 174 Å². The van der Waals surface area contributed by atoms with Crippen molar-refractivity contribution in [3.63, 3.8) is 0 Å². The molecule has 0 radical (unpaired) electrons. The van der Waals surface area contributed by atoms with Crippen molar-refractivity contribution in [2.75, 3.05) is 27.3 Å². The normalized spacial score (nSPS) is 13.9. The highest BCUT2D eigenvalue weighted by Gasteiger charge is 2.24. The van der Waals surface area contributed by atoms with Gasteiger partial charge in [-0.2, -0.15) is 0 Å². The predicted octanol–water partition coefficient (Wildman–Crippen LogP) is 5.12. The van der Waals surface area contributed by atoms with Gasteiger partial charge in [-0.3, -0.25) is 4.79 Å². The Balaban J connectivity index is 1.75. The maximum absolute atomic E-state index is 13.1. The average Bonchev–Trinajstić information content (AvgIpc) is 3.24. The van der Waals surface area contributed by atoms with Gasteiger partial charge in [0.25, 0.3) is 5.91 Å². The SMILES string of the molecule is COc1ccc(-c2nc(C(=O)N3CCCCC3)sc2-c2ccc(OC)cc2)cc1. The van der Waals surface area contributed by atoms with Gasteiger partial charge < -0.3 is 14.4 Å². The summed E-state index contributed by atoms with van der Waals surface area (Å²) >= 11 is 1.46. The van der Waals surface area contributed by atoms with E-state index in [1.54, 1.807) is 14.2 Å². The maximum atomic E-state index is 13.1. The smallest absolute Gasteiger partial charge is 0.282 e. The van der Waals surface area contributed by atoms with E-state index in [1.807, 2.05) is 53.4 Å². The number of rotatable bonds is 5.